The SMILES string of the molecule is CCc1cc2c(ccc(-c3cc(CCC4=C(C)C(c5ccc6c(CC)c(F)ccc6[n+]5C)=CC(C)C4C)cc(C)c3C)[n+]2C)cc1F. The van der Waals surface area contributed by atoms with Gasteiger partial charge in [-0.3, -0.25) is 0 Å². The van der Waals surface area contributed by atoms with Crippen molar-refractivity contribution in [2.45, 2.75) is 74.1 Å². The van der Waals surface area contributed by atoms with Crippen molar-refractivity contribution >= 4 is 27.4 Å². The molecule has 5 aromatic rings. The van der Waals surface area contributed by atoms with Crippen LogP contribution in [0.5, 0.6) is 0 Å². The van der Waals surface area contributed by atoms with Crippen molar-refractivity contribution < 1.29 is 17.9 Å². The van der Waals surface area contributed by atoms with Crippen molar-refractivity contribution in [3.05, 3.63) is 123 Å². The number of fused-ring (bicyclic) bond motifs is 2. The summed E-state index contributed by atoms with van der Waals surface area (Å²) in [4.78, 5) is 0. The van der Waals surface area contributed by atoms with Gasteiger partial charge < -0.3 is 0 Å². The summed E-state index contributed by atoms with van der Waals surface area (Å²) < 4.78 is 33.6. The van der Waals surface area contributed by atoms with Crippen molar-refractivity contribution in [1.82, 2.24) is 0 Å². The molecule has 242 valence electrons. The van der Waals surface area contributed by atoms with Crippen LogP contribution in [-0.4, -0.2) is 0 Å². The molecule has 1 aliphatic rings. The van der Waals surface area contributed by atoms with Gasteiger partial charge in [0.25, 0.3) is 0 Å². The van der Waals surface area contributed by atoms with Crippen LogP contribution in [0.3, 0.4) is 0 Å². The highest BCUT2D eigenvalue weighted by molar-refractivity contribution is 5.84. The van der Waals surface area contributed by atoms with E-state index in [0.29, 0.717) is 24.7 Å². The first kappa shape index (κ1) is 32.7. The first-order valence-electron chi connectivity index (χ1n) is 17.2. The molecule has 0 N–H and O–H groups in total. The van der Waals surface area contributed by atoms with Gasteiger partial charge in [-0.25, -0.2) is 8.78 Å². The Balaban J connectivity index is 1.36. The van der Waals surface area contributed by atoms with E-state index in [2.05, 4.69) is 94.3 Å². The predicted molar refractivity (Wildman–Crippen MR) is 191 cm³/mol. The zero-order chi connectivity index (χ0) is 33.7. The summed E-state index contributed by atoms with van der Waals surface area (Å²) in [5, 5.41) is 1.91. The van der Waals surface area contributed by atoms with Gasteiger partial charge in [0.2, 0.25) is 22.4 Å². The van der Waals surface area contributed by atoms with Crippen LogP contribution in [0.15, 0.2) is 77.9 Å². The van der Waals surface area contributed by atoms with Crippen LogP contribution < -0.4 is 9.13 Å². The molecule has 2 atom stereocenters. The molecule has 0 saturated carbocycles. The van der Waals surface area contributed by atoms with Crippen molar-refractivity contribution in [2.24, 2.45) is 25.9 Å². The van der Waals surface area contributed by atoms with Gasteiger partial charge in [0.15, 0.2) is 0 Å². The van der Waals surface area contributed by atoms with Crippen LogP contribution in [0.25, 0.3) is 38.6 Å². The Kier molecular flexibility index (Phi) is 8.91. The number of pyridine rings is 2. The monoisotopic (exact) mass is 630 g/mol. The third kappa shape index (κ3) is 5.70. The zero-order valence-electron chi connectivity index (χ0n) is 29.5. The Bertz CT molecular complexity index is 2120. The Labute approximate surface area is 279 Å². The topological polar surface area (TPSA) is 7.76 Å². The molecule has 0 aliphatic heterocycles. The molecule has 0 radical (unpaired) electrons. The fourth-order valence-electron chi connectivity index (χ4n) is 7.81. The molecule has 0 spiro atoms. The quantitative estimate of drug-likeness (QED) is 0.158. The summed E-state index contributed by atoms with van der Waals surface area (Å²) in [6.45, 7) is 15.4. The molecular weight excluding hydrogens is 582 g/mol. The van der Waals surface area contributed by atoms with Crippen LogP contribution in [0, 0.1) is 37.3 Å². The average molecular weight is 631 g/mol. The summed E-state index contributed by atoms with van der Waals surface area (Å²) in [7, 11) is 4.20. The van der Waals surface area contributed by atoms with Crippen molar-refractivity contribution in [1.29, 1.82) is 0 Å². The zero-order valence-corrected chi connectivity index (χ0v) is 29.5. The summed E-state index contributed by atoms with van der Waals surface area (Å²) >= 11 is 0. The minimum atomic E-state index is -0.133. The normalized spacial score (nSPS) is 16.8. The van der Waals surface area contributed by atoms with Gasteiger partial charge in [0.1, 0.15) is 25.7 Å². The van der Waals surface area contributed by atoms with E-state index in [1.165, 1.54) is 44.7 Å². The molecule has 0 amide bonds. The molecule has 0 bridgehead atoms. The van der Waals surface area contributed by atoms with E-state index in [4.69, 9.17) is 0 Å². The fourth-order valence-corrected chi connectivity index (χ4v) is 7.81. The van der Waals surface area contributed by atoms with E-state index in [0.717, 1.165) is 51.5 Å². The summed E-state index contributed by atoms with van der Waals surface area (Å²) in [5.41, 5.74) is 15.2. The van der Waals surface area contributed by atoms with Crippen molar-refractivity contribution in [3.8, 4) is 11.3 Å². The molecular formula is C43H48F2N2+2. The van der Waals surface area contributed by atoms with E-state index in [1.807, 2.05) is 32.0 Å². The number of nitrogens with zero attached hydrogens (tertiary/aromatic N) is 2. The number of allylic oxidation sites excluding steroid dienone is 4. The second kappa shape index (κ2) is 12.8. The second-order valence-electron chi connectivity index (χ2n) is 13.7. The maximum absolute atomic E-state index is 14.6. The third-order valence-electron chi connectivity index (χ3n) is 11.1. The number of aryl methyl sites for hydroxylation is 6. The molecule has 0 saturated heterocycles. The number of aromatic nitrogens is 2. The molecule has 2 unspecified atom stereocenters. The van der Waals surface area contributed by atoms with Gasteiger partial charge in [-0.2, -0.15) is 9.13 Å². The molecule has 3 aromatic carbocycles. The Morgan fingerprint density at radius 1 is 0.723 bits per heavy atom. The second-order valence-corrected chi connectivity index (χ2v) is 13.7. The number of hydrogen-bond donors (Lipinski definition) is 0. The molecule has 2 aromatic heterocycles. The Morgan fingerprint density at radius 2 is 1.45 bits per heavy atom. The summed E-state index contributed by atoms with van der Waals surface area (Å²) in [5.74, 6) is 0.591. The lowest BCUT2D eigenvalue weighted by Crippen LogP contribution is -2.35. The van der Waals surface area contributed by atoms with Crippen LogP contribution >= 0.6 is 0 Å². The highest BCUT2D eigenvalue weighted by Crippen LogP contribution is 2.40. The third-order valence-corrected chi connectivity index (χ3v) is 11.1. The molecule has 4 heteroatoms. The van der Waals surface area contributed by atoms with Gasteiger partial charge in [-0.15, -0.1) is 0 Å². The van der Waals surface area contributed by atoms with Crippen LogP contribution in [0.1, 0.15) is 74.6 Å². The van der Waals surface area contributed by atoms with Gasteiger partial charge in [0.05, 0.1) is 5.39 Å². The van der Waals surface area contributed by atoms with Crippen LogP contribution in [0.2, 0.25) is 0 Å². The van der Waals surface area contributed by atoms with Crippen molar-refractivity contribution in [3.63, 3.8) is 0 Å². The van der Waals surface area contributed by atoms with E-state index in [-0.39, 0.29) is 11.6 Å². The van der Waals surface area contributed by atoms with Gasteiger partial charge in [0, 0.05) is 46.4 Å². The average Bonchev–Trinajstić information content (AvgIpc) is 3.05. The lowest BCUT2D eigenvalue weighted by Gasteiger charge is -2.29. The van der Waals surface area contributed by atoms with Gasteiger partial charge >= 0.3 is 0 Å². The van der Waals surface area contributed by atoms with Crippen molar-refractivity contribution in [2.75, 3.05) is 0 Å². The molecule has 1 aliphatic carbocycles. The van der Waals surface area contributed by atoms with Gasteiger partial charge in [-0.05, 0) is 116 Å². The molecule has 47 heavy (non-hydrogen) atoms. The standard InChI is InChI=1S/C43H48F2N2/c1-10-31-24-43-32(23-39(31)45)13-17-41(47(43)9)37-22-30(20-25(3)28(37)6)12-14-34-27(5)26(4)21-36(29(34)7)42-18-15-35-33(11-2)38(44)16-19-40(35)46(42)8/h13,15-24,26-27H,10-12,14H2,1-9H3/q+2. The van der Waals surface area contributed by atoms with E-state index >= 15 is 0 Å². The number of hydrogen-bond acceptors (Lipinski definition) is 0. The predicted octanol–water partition coefficient (Wildman–Crippen LogP) is 9.95. The number of halogens is 2. The highest BCUT2D eigenvalue weighted by Gasteiger charge is 2.29. The smallest absolute Gasteiger partial charge is 0.207 e. The summed E-state index contributed by atoms with van der Waals surface area (Å²) in [6.07, 6.45) is 5.71. The number of rotatable bonds is 7. The first-order chi connectivity index (χ1) is 22.4. The van der Waals surface area contributed by atoms with Gasteiger partial charge in [-0.1, -0.05) is 45.4 Å². The molecule has 0 fully saturated rings. The van der Waals surface area contributed by atoms with Crippen LogP contribution in [0.4, 0.5) is 8.78 Å². The lowest BCUT2D eigenvalue weighted by atomic mass is 9.75. The maximum Gasteiger partial charge on any atom is 0.213 e. The fraction of sp³-hybridized carbons (Fsp3) is 0.349. The highest BCUT2D eigenvalue weighted by atomic mass is 19.1. The minimum Gasteiger partial charge on any atom is -0.207 e. The van der Waals surface area contributed by atoms with E-state index in [1.54, 1.807) is 12.1 Å². The summed E-state index contributed by atoms with van der Waals surface area (Å²) in [6, 6.07) is 20.4. The van der Waals surface area contributed by atoms with E-state index < -0.39 is 0 Å². The molecule has 2 heterocycles. The number of benzene rings is 3. The Morgan fingerprint density at radius 3 is 2.17 bits per heavy atom. The largest absolute Gasteiger partial charge is 0.213 e. The minimum absolute atomic E-state index is 0.129. The van der Waals surface area contributed by atoms with E-state index in [9.17, 15) is 8.78 Å². The molecule has 6 rings (SSSR count). The molecule has 2 nitrogen and oxygen atoms in total. The maximum atomic E-state index is 14.6. The van der Waals surface area contributed by atoms with Crippen LogP contribution in [-0.2, 0) is 33.4 Å². The Hall–Kier alpha value is -4.18. The first-order valence-corrected chi connectivity index (χ1v) is 17.2. The lowest BCUT2D eigenvalue weighted by molar-refractivity contribution is -0.647.